The fourth-order valence-corrected chi connectivity index (χ4v) is 8.08. The number of carbonyl (C=O) groups excluding carboxylic acids is 4. The van der Waals surface area contributed by atoms with Crippen LogP contribution in [0.2, 0.25) is 0 Å². The Hall–Kier alpha value is -4.72. The minimum atomic E-state index is -1.15. The van der Waals surface area contributed by atoms with Crippen molar-refractivity contribution in [2.45, 2.75) is 32.2 Å². The quantitative estimate of drug-likeness (QED) is 0.345. The highest BCUT2D eigenvalue weighted by Crippen LogP contribution is 2.63. The van der Waals surface area contributed by atoms with E-state index in [-0.39, 0.29) is 41.7 Å². The van der Waals surface area contributed by atoms with E-state index < -0.39 is 35.0 Å². The number of rotatable bonds is 5. The van der Waals surface area contributed by atoms with Crippen molar-refractivity contribution in [3.63, 3.8) is 0 Å². The number of aromatic hydroxyl groups is 1. The molecular weight excluding hydrogens is 544 g/mol. The first-order valence-corrected chi connectivity index (χ1v) is 14.6. The molecule has 3 aromatic carbocycles. The van der Waals surface area contributed by atoms with Gasteiger partial charge in [0.2, 0.25) is 23.6 Å². The number of allylic oxidation sites excluding steroid dienone is 2. The Morgan fingerprint density at radius 3 is 2.28 bits per heavy atom. The van der Waals surface area contributed by atoms with Gasteiger partial charge in [0.25, 0.3) is 0 Å². The van der Waals surface area contributed by atoms with Crippen molar-refractivity contribution >= 4 is 29.3 Å². The van der Waals surface area contributed by atoms with E-state index in [0.717, 1.165) is 11.1 Å². The molecule has 1 saturated carbocycles. The van der Waals surface area contributed by atoms with Gasteiger partial charge in [0.1, 0.15) is 0 Å². The number of carbonyl (C=O) groups is 4. The summed E-state index contributed by atoms with van der Waals surface area (Å²) in [5.74, 6) is -3.59. The molecule has 6 unspecified atom stereocenters. The second-order valence-electron chi connectivity index (χ2n) is 12.2. The molecule has 2 aliphatic carbocycles. The number of amides is 4. The van der Waals surface area contributed by atoms with Crippen molar-refractivity contribution in [2.24, 2.45) is 29.1 Å². The largest absolute Gasteiger partial charge is 0.504 e. The van der Waals surface area contributed by atoms with Gasteiger partial charge >= 0.3 is 0 Å². The number of anilines is 1. The average Bonchev–Trinajstić information content (AvgIpc) is 3.38. The average molecular weight is 577 g/mol. The van der Waals surface area contributed by atoms with Gasteiger partial charge in [0.05, 0.1) is 42.5 Å². The minimum absolute atomic E-state index is 0.0362. The topological polar surface area (TPSA) is 104 Å². The maximum atomic E-state index is 14.4. The molecule has 2 heterocycles. The van der Waals surface area contributed by atoms with Gasteiger partial charge in [-0.15, -0.1) is 0 Å². The third kappa shape index (κ3) is 3.89. The van der Waals surface area contributed by atoms with Crippen LogP contribution in [0.25, 0.3) is 0 Å². The smallest absolute Gasteiger partial charge is 0.241 e. The molecule has 6 atom stereocenters. The molecule has 43 heavy (non-hydrogen) atoms. The van der Waals surface area contributed by atoms with E-state index in [1.165, 1.54) is 23.0 Å². The Morgan fingerprint density at radius 1 is 0.884 bits per heavy atom. The number of imide groups is 2. The van der Waals surface area contributed by atoms with Crippen LogP contribution in [0.5, 0.6) is 11.5 Å². The van der Waals surface area contributed by atoms with E-state index in [0.29, 0.717) is 24.1 Å². The third-order valence-corrected chi connectivity index (χ3v) is 10.1. The van der Waals surface area contributed by atoms with Crippen LogP contribution < -0.4 is 9.64 Å². The van der Waals surface area contributed by atoms with Crippen LogP contribution in [0.3, 0.4) is 0 Å². The number of methoxy groups -OCH3 is 1. The molecule has 1 N–H and O–H groups in total. The molecule has 3 aromatic rings. The van der Waals surface area contributed by atoms with E-state index >= 15 is 0 Å². The van der Waals surface area contributed by atoms with Gasteiger partial charge in [-0.3, -0.25) is 24.1 Å². The Labute approximate surface area is 249 Å². The summed E-state index contributed by atoms with van der Waals surface area (Å²) in [7, 11) is 1.46. The van der Waals surface area contributed by atoms with Gasteiger partial charge < -0.3 is 9.84 Å². The monoisotopic (exact) mass is 576 g/mol. The molecule has 2 saturated heterocycles. The first-order chi connectivity index (χ1) is 20.8. The predicted molar refractivity (Wildman–Crippen MR) is 158 cm³/mol. The zero-order valence-corrected chi connectivity index (χ0v) is 24.0. The number of phenols is 1. The molecule has 0 aromatic heterocycles. The molecule has 4 amide bonds. The summed E-state index contributed by atoms with van der Waals surface area (Å²) in [6.45, 7) is 2.05. The summed E-state index contributed by atoms with van der Waals surface area (Å²) >= 11 is 0. The van der Waals surface area contributed by atoms with Crippen LogP contribution in [0, 0.1) is 29.1 Å². The highest BCUT2D eigenvalue weighted by atomic mass is 16.5. The molecule has 218 valence electrons. The van der Waals surface area contributed by atoms with Crippen LogP contribution in [-0.2, 0) is 25.7 Å². The number of nitrogens with zero attached hydrogens (tertiary/aromatic N) is 2. The number of likely N-dealkylation sites (tertiary alicyclic amines) is 1. The molecule has 8 heteroatoms. The van der Waals surface area contributed by atoms with Crippen molar-refractivity contribution in [3.8, 4) is 11.5 Å². The molecular formula is C35H32N2O6. The Kier molecular flexibility index (Phi) is 6.27. The summed E-state index contributed by atoms with van der Waals surface area (Å²) in [6, 6.07) is 23.4. The fraction of sp³-hybridized carbons (Fsp3) is 0.314. The lowest BCUT2D eigenvalue weighted by Crippen LogP contribution is -2.48. The van der Waals surface area contributed by atoms with Crippen LogP contribution in [0.1, 0.15) is 36.8 Å². The number of fused-ring (bicyclic) bond motifs is 4. The normalized spacial score (nSPS) is 29.7. The number of phenolic OH excluding ortho intramolecular Hbond substituents is 1. The summed E-state index contributed by atoms with van der Waals surface area (Å²) in [5, 5.41) is 10.4. The molecule has 8 nitrogen and oxygen atoms in total. The second kappa shape index (κ2) is 9.93. The Balaban J connectivity index is 1.35. The van der Waals surface area contributed by atoms with Crippen LogP contribution in [0.4, 0.5) is 5.69 Å². The van der Waals surface area contributed by atoms with E-state index in [9.17, 15) is 24.3 Å². The number of benzene rings is 3. The van der Waals surface area contributed by atoms with E-state index in [2.05, 4.69) is 0 Å². The lowest BCUT2D eigenvalue weighted by molar-refractivity contribution is -0.141. The standard InChI is InChI=1S/C35H32N2O6/c1-35-26(32(40)37(34(35)42)22-11-7-4-8-12-22)18-25-23(30(35)21-13-16-27(38)28(17-21)43-2)14-15-24-29(25)33(41)36(31(24)39)19-20-9-5-3-6-10-20/h3-14,16-17,24-26,29-30,38H,15,18-19H2,1-2H3. The third-order valence-electron chi connectivity index (χ3n) is 10.1. The fourth-order valence-electron chi connectivity index (χ4n) is 8.08. The number of ether oxygens (including phenoxy) is 1. The molecule has 7 rings (SSSR count). The Morgan fingerprint density at radius 2 is 1.58 bits per heavy atom. The van der Waals surface area contributed by atoms with Crippen LogP contribution in [0.15, 0.2) is 90.5 Å². The van der Waals surface area contributed by atoms with E-state index in [4.69, 9.17) is 4.74 Å². The number of para-hydroxylation sites is 1. The summed E-state index contributed by atoms with van der Waals surface area (Å²) in [5.41, 5.74) is 1.83. The highest BCUT2D eigenvalue weighted by molar-refractivity contribution is 6.24. The molecule has 0 spiro atoms. The van der Waals surface area contributed by atoms with E-state index in [1.54, 1.807) is 36.4 Å². The minimum Gasteiger partial charge on any atom is -0.504 e. The summed E-state index contributed by atoms with van der Waals surface area (Å²) < 4.78 is 5.43. The van der Waals surface area contributed by atoms with Crippen LogP contribution >= 0.6 is 0 Å². The maximum Gasteiger partial charge on any atom is 0.241 e. The van der Waals surface area contributed by atoms with Gasteiger partial charge in [-0.25, -0.2) is 4.90 Å². The first-order valence-electron chi connectivity index (χ1n) is 14.6. The molecule has 3 fully saturated rings. The molecule has 2 aliphatic heterocycles. The lowest BCUT2D eigenvalue weighted by atomic mass is 9.51. The maximum absolute atomic E-state index is 14.4. The Bertz CT molecular complexity index is 1680. The van der Waals surface area contributed by atoms with Gasteiger partial charge in [0, 0.05) is 5.92 Å². The van der Waals surface area contributed by atoms with Gasteiger partial charge in [-0.2, -0.15) is 0 Å². The second-order valence-corrected chi connectivity index (χ2v) is 12.2. The SMILES string of the molecule is COc1cc(C2C3=CCC4C(=O)N(Cc5ccccc5)C(=O)C4C3CC3C(=O)N(c4ccccc4)C(=O)C32C)ccc1O. The number of hydrogen-bond acceptors (Lipinski definition) is 6. The van der Waals surface area contributed by atoms with Crippen LogP contribution in [-0.4, -0.2) is 40.7 Å². The molecule has 0 radical (unpaired) electrons. The molecule has 0 bridgehead atoms. The summed E-state index contributed by atoms with van der Waals surface area (Å²) in [4.78, 5) is 59.0. The zero-order valence-electron chi connectivity index (χ0n) is 24.0. The van der Waals surface area contributed by atoms with Crippen molar-refractivity contribution in [1.29, 1.82) is 0 Å². The lowest BCUT2D eigenvalue weighted by Gasteiger charge is -2.49. The van der Waals surface area contributed by atoms with Crippen molar-refractivity contribution in [2.75, 3.05) is 12.0 Å². The van der Waals surface area contributed by atoms with Crippen molar-refractivity contribution in [1.82, 2.24) is 4.90 Å². The van der Waals surface area contributed by atoms with Crippen molar-refractivity contribution < 1.29 is 29.0 Å². The molecule has 4 aliphatic rings. The van der Waals surface area contributed by atoms with Crippen molar-refractivity contribution in [3.05, 3.63) is 102 Å². The van der Waals surface area contributed by atoms with Gasteiger partial charge in [-0.1, -0.05) is 66.2 Å². The predicted octanol–water partition coefficient (Wildman–Crippen LogP) is 4.83. The number of hydrogen-bond donors (Lipinski definition) is 1. The first kappa shape index (κ1) is 27.1. The highest BCUT2D eigenvalue weighted by Gasteiger charge is 2.67. The summed E-state index contributed by atoms with van der Waals surface area (Å²) in [6.07, 6.45) is 2.70. The van der Waals surface area contributed by atoms with E-state index in [1.807, 2.05) is 49.4 Å². The van der Waals surface area contributed by atoms with Gasteiger partial charge in [0.15, 0.2) is 11.5 Å². The zero-order chi connectivity index (χ0) is 30.0. The van der Waals surface area contributed by atoms with Gasteiger partial charge in [-0.05, 0) is 61.1 Å².